The Kier molecular flexibility index (Phi) is 7.29. The van der Waals surface area contributed by atoms with E-state index in [0.29, 0.717) is 31.3 Å². The van der Waals surface area contributed by atoms with Crippen molar-refractivity contribution in [2.24, 2.45) is 0 Å². The standard InChI is InChI=1S/C23H27N5O4/c1-2-31-19-6-4-18(5-7-19)23-26-22(32-27-23)10-9-21(29)25-16-17-3-8-20(24-15-17)28-11-13-30-14-12-28/h3-8,15H,2,9-14,16H2,1H3,(H,25,29). The van der Waals surface area contributed by atoms with Crippen molar-refractivity contribution in [2.45, 2.75) is 26.3 Å². The highest BCUT2D eigenvalue weighted by Gasteiger charge is 2.13. The molecule has 32 heavy (non-hydrogen) atoms. The van der Waals surface area contributed by atoms with Crippen molar-refractivity contribution < 1.29 is 18.8 Å². The molecule has 9 nitrogen and oxygen atoms in total. The van der Waals surface area contributed by atoms with Crippen LogP contribution in [-0.2, 0) is 22.5 Å². The Morgan fingerprint density at radius 3 is 2.69 bits per heavy atom. The molecule has 9 heteroatoms. The fourth-order valence-electron chi connectivity index (χ4n) is 3.35. The van der Waals surface area contributed by atoms with Gasteiger partial charge in [0, 0.05) is 44.2 Å². The van der Waals surface area contributed by atoms with Crippen LogP contribution in [0.3, 0.4) is 0 Å². The summed E-state index contributed by atoms with van der Waals surface area (Å²) in [5.41, 5.74) is 1.78. The number of carbonyl (C=O) groups excluding carboxylic acids is 1. The SMILES string of the molecule is CCOc1ccc(-c2noc(CCC(=O)NCc3ccc(N4CCOCC4)nc3)n2)cc1. The van der Waals surface area contributed by atoms with Crippen molar-refractivity contribution in [3.8, 4) is 17.1 Å². The van der Waals surface area contributed by atoms with Gasteiger partial charge in [0.05, 0.1) is 19.8 Å². The van der Waals surface area contributed by atoms with Gasteiger partial charge < -0.3 is 24.2 Å². The van der Waals surface area contributed by atoms with Crippen LogP contribution in [0.2, 0.25) is 0 Å². The minimum absolute atomic E-state index is 0.0805. The lowest BCUT2D eigenvalue weighted by Gasteiger charge is -2.27. The number of rotatable bonds is 9. The third kappa shape index (κ3) is 5.82. The Balaban J connectivity index is 1.22. The quantitative estimate of drug-likeness (QED) is 0.545. The van der Waals surface area contributed by atoms with Gasteiger partial charge in [-0.3, -0.25) is 4.79 Å². The minimum Gasteiger partial charge on any atom is -0.494 e. The zero-order valence-electron chi connectivity index (χ0n) is 18.1. The van der Waals surface area contributed by atoms with E-state index in [-0.39, 0.29) is 12.3 Å². The lowest BCUT2D eigenvalue weighted by molar-refractivity contribution is -0.121. The maximum atomic E-state index is 12.2. The van der Waals surface area contributed by atoms with Crippen LogP contribution in [0.5, 0.6) is 5.75 Å². The highest BCUT2D eigenvalue weighted by Crippen LogP contribution is 2.20. The van der Waals surface area contributed by atoms with Gasteiger partial charge in [-0.15, -0.1) is 0 Å². The van der Waals surface area contributed by atoms with E-state index < -0.39 is 0 Å². The van der Waals surface area contributed by atoms with Crippen molar-refractivity contribution in [1.29, 1.82) is 0 Å². The molecule has 0 unspecified atom stereocenters. The number of aryl methyl sites for hydroxylation is 1. The van der Waals surface area contributed by atoms with Gasteiger partial charge in [-0.2, -0.15) is 4.98 Å². The normalized spacial score (nSPS) is 13.7. The van der Waals surface area contributed by atoms with Crippen molar-refractivity contribution in [1.82, 2.24) is 20.4 Å². The first-order valence-corrected chi connectivity index (χ1v) is 10.8. The lowest BCUT2D eigenvalue weighted by Crippen LogP contribution is -2.36. The number of nitrogens with zero attached hydrogens (tertiary/aromatic N) is 4. The molecule has 3 aromatic rings. The van der Waals surface area contributed by atoms with Crippen LogP contribution in [0.25, 0.3) is 11.4 Å². The summed E-state index contributed by atoms with van der Waals surface area (Å²) in [6.07, 6.45) is 2.44. The van der Waals surface area contributed by atoms with E-state index in [0.717, 1.165) is 49.0 Å². The molecule has 0 bridgehead atoms. The van der Waals surface area contributed by atoms with Crippen LogP contribution in [0.4, 0.5) is 5.82 Å². The molecule has 3 heterocycles. The summed E-state index contributed by atoms with van der Waals surface area (Å²) in [5, 5.41) is 6.91. The first-order chi connectivity index (χ1) is 15.7. The summed E-state index contributed by atoms with van der Waals surface area (Å²) in [4.78, 5) is 23.3. The molecule has 1 aliphatic heterocycles. The fourth-order valence-corrected chi connectivity index (χ4v) is 3.35. The average Bonchev–Trinajstić information content (AvgIpc) is 3.32. The molecule has 2 aromatic heterocycles. The third-order valence-electron chi connectivity index (χ3n) is 5.09. The van der Waals surface area contributed by atoms with Crippen LogP contribution in [0.15, 0.2) is 47.1 Å². The zero-order valence-corrected chi connectivity index (χ0v) is 18.1. The number of carbonyl (C=O) groups is 1. The van der Waals surface area contributed by atoms with Gasteiger partial charge in [0.1, 0.15) is 11.6 Å². The number of anilines is 1. The van der Waals surface area contributed by atoms with Crippen LogP contribution >= 0.6 is 0 Å². The molecule has 1 saturated heterocycles. The molecule has 0 saturated carbocycles. The van der Waals surface area contributed by atoms with Gasteiger partial charge in [-0.25, -0.2) is 4.98 Å². The van der Waals surface area contributed by atoms with Gasteiger partial charge in [0.15, 0.2) is 0 Å². The smallest absolute Gasteiger partial charge is 0.227 e. The Morgan fingerprint density at radius 2 is 1.97 bits per heavy atom. The molecule has 0 aliphatic carbocycles. The number of aromatic nitrogens is 3. The summed E-state index contributed by atoms with van der Waals surface area (Å²) in [6, 6.07) is 11.5. The number of pyridine rings is 1. The summed E-state index contributed by atoms with van der Waals surface area (Å²) in [7, 11) is 0. The average molecular weight is 438 g/mol. The first-order valence-electron chi connectivity index (χ1n) is 10.8. The van der Waals surface area contributed by atoms with Gasteiger partial charge in [0.25, 0.3) is 0 Å². The molecule has 1 fully saturated rings. The molecule has 0 atom stereocenters. The van der Waals surface area contributed by atoms with E-state index in [9.17, 15) is 4.79 Å². The highest BCUT2D eigenvalue weighted by molar-refractivity contribution is 5.76. The Labute approximate surface area is 186 Å². The fraction of sp³-hybridized carbons (Fsp3) is 0.391. The molecule has 1 N–H and O–H groups in total. The second-order valence-electron chi connectivity index (χ2n) is 7.37. The lowest BCUT2D eigenvalue weighted by atomic mass is 10.2. The number of morpholine rings is 1. The zero-order chi connectivity index (χ0) is 22.2. The molecule has 4 rings (SSSR count). The molecular weight excluding hydrogens is 410 g/mol. The van der Waals surface area contributed by atoms with Crippen molar-refractivity contribution in [2.75, 3.05) is 37.8 Å². The third-order valence-corrected chi connectivity index (χ3v) is 5.09. The summed E-state index contributed by atoms with van der Waals surface area (Å²) in [6.45, 7) is 6.12. The van der Waals surface area contributed by atoms with Gasteiger partial charge in [-0.1, -0.05) is 11.2 Å². The Morgan fingerprint density at radius 1 is 1.16 bits per heavy atom. The van der Waals surface area contributed by atoms with E-state index in [1.54, 1.807) is 6.20 Å². The predicted octanol–water partition coefficient (Wildman–Crippen LogP) is 2.62. The number of amides is 1. The molecular formula is C23H27N5O4. The van der Waals surface area contributed by atoms with E-state index in [1.165, 1.54) is 0 Å². The van der Waals surface area contributed by atoms with E-state index in [1.807, 2.05) is 43.3 Å². The maximum absolute atomic E-state index is 12.2. The molecule has 1 aromatic carbocycles. The summed E-state index contributed by atoms with van der Waals surface area (Å²) >= 11 is 0. The van der Waals surface area contributed by atoms with E-state index in [2.05, 4.69) is 25.3 Å². The second kappa shape index (κ2) is 10.7. The van der Waals surface area contributed by atoms with Crippen molar-refractivity contribution in [3.63, 3.8) is 0 Å². The number of ether oxygens (including phenoxy) is 2. The first kappa shape index (κ1) is 21.8. The minimum atomic E-state index is -0.0805. The van der Waals surface area contributed by atoms with Gasteiger partial charge >= 0.3 is 0 Å². The highest BCUT2D eigenvalue weighted by atomic mass is 16.5. The number of benzene rings is 1. The topological polar surface area (TPSA) is 103 Å². The van der Waals surface area contributed by atoms with E-state index in [4.69, 9.17) is 14.0 Å². The molecule has 0 spiro atoms. The largest absolute Gasteiger partial charge is 0.494 e. The molecule has 168 valence electrons. The monoisotopic (exact) mass is 437 g/mol. The Hall–Kier alpha value is -3.46. The van der Waals surface area contributed by atoms with Crippen LogP contribution in [0, 0.1) is 0 Å². The molecule has 1 aliphatic rings. The number of nitrogens with one attached hydrogen (secondary N) is 1. The second-order valence-corrected chi connectivity index (χ2v) is 7.37. The van der Waals surface area contributed by atoms with Crippen LogP contribution in [0.1, 0.15) is 24.8 Å². The van der Waals surface area contributed by atoms with Crippen molar-refractivity contribution >= 4 is 11.7 Å². The van der Waals surface area contributed by atoms with Crippen molar-refractivity contribution in [3.05, 3.63) is 54.0 Å². The molecule has 0 radical (unpaired) electrons. The number of hydrogen-bond acceptors (Lipinski definition) is 8. The molecule has 1 amide bonds. The number of hydrogen-bond donors (Lipinski definition) is 1. The van der Waals surface area contributed by atoms with Gasteiger partial charge in [-0.05, 0) is 42.8 Å². The predicted molar refractivity (Wildman–Crippen MR) is 118 cm³/mol. The van der Waals surface area contributed by atoms with Gasteiger partial charge in [0.2, 0.25) is 17.6 Å². The summed E-state index contributed by atoms with van der Waals surface area (Å²) < 4.78 is 16.1. The van der Waals surface area contributed by atoms with Crippen LogP contribution < -0.4 is 15.0 Å². The van der Waals surface area contributed by atoms with E-state index >= 15 is 0 Å². The Bertz CT molecular complexity index is 998. The van der Waals surface area contributed by atoms with Crippen LogP contribution in [-0.4, -0.2) is 53.9 Å². The summed E-state index contributed by atoms with van der Waals surface area (Å²) in [5.74, 6) is 2.57. The maximum Gasteiger partial charge on any atom is 0.227 e.